The largest absolute Gasteiger partial charge is 0.462 e. The van der Waals surface area contributed by atoms with Gasteiger partial charge in [-0.2, -0.15) is 13.2 Å². The zero-order valence-electron chi connectivity index (χ0n) is 15.4. The topological polar surface area (TPSA) is 35.5 Å². The fraction of sp³-hybridized carbons (Fsp3) is 0.250. The van der Waals surface area contributed by atoms with Crippen LogP contribution in [0.15, 0.2) is 30.3 Å². The summed E-state index contributed by atoms with van der Waals surface area (Å²) in [5, 5.41) is 0.805. The maximum atomic E-state index is 14.3. The quantitative estimate of drug-likeness (QED) is 0.189. The van der Waals surface area contributed by atoms with E-state index < -0.39 is 34.3 Å². The Bertz CT molecular complexity index is 1070. The molecule has 0 spiro atoms. The third-order valence-corrected chi connectivity index (χ3v) is 5.98. The second-order valence-corrected chi connectivity index (χ2v) is 8.35. The van der Waals surface area contributed by atoms with Gasteiger partial charge in [-0.3, -0.25) is 0 Å². The van der Waals surface area contributed by atoms with E-state index in [9.17, 15) is 22.4 Å². The van der Waals surface area contributed by atoms with Crippen molar-refractivity contribution in [2.75, 3.05) is 11.9 Å². The van der Waals surface area contributed by atoms with Gasteiger partial charge in [-0.15, -0.1) is 11.3 Å². The van der Waals surface area contributed by atoms with Crippen LogP contribution in [0, 0.1) is 5.82 Å². The van der Waals surface area contributed by atoms with Crippen molar-refractivity contribution >= 4 is 54.9 Å². The van der Waals surface area contributed by atoms with Crippen molar-refractivity contribution < 1.29 is 31.8 Å². The van der Waals surface area contributed by atoms with E-state index in [0.29, 0.717) is 34.1 Å². The first kappa shape index (κ1) is 22.8. The first-order chi connectivity index (χ1) is 14.2. The number of alkyl halides is 4. The Hall–Kier alpha value is -1.84. The number of carbonyl (C=O) groups excluding carboxylic acids is 1. The number of benzene rings is 2. The average molecular weight is 526 g/mol. The Morgan fingerprint density at radius 2 is 1.97 bits per heavy atom. The number of aryl methyl sites for hydroxylation is 1. The lowest BCUT2D eigenvalue weighted by Crippen LogP contribution is -2.06. The molecule has 0 unspecified atom stereocenters. The van der Waals surface area contributed by atoms with E-state index in [2.05, 4.69) is 15.9 Å². The highest BCUT2D eigenvalue weighted by molar-refractivity contribution is 9.09. The van der Waals surface area contributed by atoms with E-state index in [4.69, 9.17) is 21.1 Å². The zero-order chi connectivity index (χ0) is 22.1. The molecule has 10 heteroatoms. The van der Waals surface area contributed by atoms with Gasteiger partial charge in [-0.25, -0.2) is 9.18 Å². The number of hydrogen-bond acceptors (Lipinski definition) is 4. The number of thiophene rings is 1. The molecule has 3 rings (SSSR count). The van der Waals surface area contributed by atoms with Crippen LogP contribution in [0.5, 0.6) is 11.5 Å². The standard InChI is InChI=1S/C20H14BrClF4O3S/c1-2-28-19(27)18-12(5-6-21)13-9-11(3-4-16(13)30-18)29-17-14(22)7-10(8-15(17)23)20(24,25)26/h3-4,7-9H,2,5-6H2,1H3. The predicted octanol–water partition coefficient (Wildman–Crippen LogP) is 7.62. The molecule has 1 aromatic heterocycles. The summed E-state index contributed by atoms with van der Waals surface area (Å²) < 4.78 is 64.1. The molecule has 0 radical (unpaired) electrons. The highest BCUT2D eigenvalue weighted by Gasteiger charge is 2.32. The van der Waals surface area contributed by atoms with E-state index in [1.54, 1.807) is 19.1 Å². The molecule has 160 valence electrons. The molecular formula is C20H14BrClF4O3S. The monoisotopic (exact) mass is 524 g/mol. The number of hydrogen-bond donors (Lipinski definition) is 0. The first-order valence-electron chi connectivity index (χ1n) is 8.68. The molecule has 2 aromatic carbocycles. The van der Waals surface area contributed by atoms with E-state index in [1.807, 2.05) is 0 Å². The summed E-state index contributed by atoms with van der Waals surface area (Å²) >= 11 is 10.5. The van der Waals surface area contributed by atoms with Crippen LogP contribution < -0.4 is 4.74 Å². The highest BCUT2D eigenvalue weighted by atomic mass is 79.9. The van der Waals surface area contributed by atoms with Crippen molar-refractivity contribution in [1.82, 2.24) is 0 Å². The lowest BCUT2D eigenvalue weighted by Gasteiger charge is -2.12. The Kier molecular flexibility index (Phi) is 6.94. The molecule has 3 aromatic rings. The van der Waals surface area contributed by atoms with Crippen LogP contribution in [-0.2, 0) is 17.3 Å². The molecule has 0 atom stereocenters. The molecular weight excluding hydrogens is 512 g/mol. The predicted molar refractivity (Wildman–Crippen MR) is 112 cm³/mol. The molecule has 1 heterocycles. The number of ether oxygens (including phenoxy) is 2. The Balaban J connectivity index is 2.02. The number of carbonyl (C=O) groups is 1. The minimum Gasteiger partial charge on any atom is -0.462 e. The molecule has 30 heavy (non-hydrogen) atoms. The van der Waals surface area contributed by atoms with Crippen molar-refractivity contribution in [1.29, 1.82) is 0 Å². The van der Waals surface area contributed by atoms with Crippen LogP contribution >= 0.6 is 38.9 Å². The number of fused-ring (bicyclic) bond motifs is 1. The van der Waals surface area contributed by atoms with Gasteiger partial charge >= 0.3 is 12.1 Å². The third-order valence-electron chi connectivity index (χ3n) is 4.11. The van der Waals surface area contributed by atoms with Gasteiger partial charge in [0.15, 0.2) is 11.6 Å². The third kappa shape index (κ3) is 4.73. The number of esters is 1. The van der Waals surface area contributed by atoms with Gasteiger partial charge in [0, 0.05) is 15.4 Å². The molecule has 0 amide bonds. The molecule has 0 N–H and O–H groups in total. The fourth-order valence-electron chi connectivity index (χ4n) is 2.83. The van der Waals surface area contributed by atoms with E-state index >= 15 is 0 Å². The minimum absolute atomic E-state index is 0.173. The molecule has 0 bridgehead atoms. The first-order valence-corrected chi connectivity index (χ1v) is 11.0. The second kappa shape index (κ2) is 9.11. The summed E-state index contributed by atoms with van der Waals surface area (Å²) in [7, 11) is 0. The minimum atomic E-state index is -4.73. The lowest BCUT2D eigenvalue weighted by molar-refractivity contribution is -0.137. The van der Waals surface area contributed by atoms with Gasteiger partial charge in [0.05, 0.1) is 17.2 Å². The van der Waals surface area contributed by atoms with E-state index in [0.717, 1.165) is 10.3 Å². The SMILES string of the molecule is CCOC(=O)c1sc2ccc(Oc3c(F)cc(C(F)(F)F)cc3Cl)cc2c1CCBr. The van der Waals surface area contributed by atoms with Crippen molar-refractivity contribution in [3.05, 3.63) is 57.2 Å². The van der Waals surface area contributed by atoms with Crippen LogP contribution in [0.3, 0.4) is 0 Å². The average Bonchev–Trinajstić information content (AvgIpc) is 3.02. The number of rotatable bonds is 6. The molecule has 0 saturated carbocycles. The maximum absolute atomic E-state index is 14.3. The van der Waals surface area contributed by atoms with Crippen molar-refractivity contribution in [3.63, 3.8) is 0 Å². The van der Waals surface area contributed by atoms with Gasteiger partial charge in [0.1, 0.15) is 10.6 Å². The summed E-state index contributed by atoms with van der Waals surface area (Å²) in [5.74, 6) is -2.00. The summed E-state index contributed by atoms with van der Waals surface area (Å²) in [5.41, 5.74) is -0.459. The van der Waals surface area contributed by atoms with Gasteiger partial charge < -0.3 is 9.47 Å². The molecule has 0 aliphatic carbocycles. The number of halogens is 6. The molecule has 0 aliphatic rings. The van der Waals surface area contributed by atoms with Crippen molar-refractivity contribution in [2.45, 2.75) is 19.5 Å². The van der Waals surface area contributed by atoms with Gasteiger partial charge in [0.2, 0.25) is 0 Å². The zero-order valence-corrected chi connectivity index (χ0v) is 18.6. The second-order valence-electron chi connectivity index (χ2n) is 6.10. The Labute approximate surface area is 186 Å². The molecule has 0 saturated heterocycles. The van der Waals surface area contributed by atoms with Crippen LogP contribution in [-0.4, -0.2) is 17.9 Å². The van der Waals surface area contributed by atoms with Crippen LogP contribution in [0.2, 0.25) is 5.02 Å². The van der Waals surface area contributed by atoms with E-state index in [1.165, 1.54) is 17.4 Å². The van der Waals surface area contributed by atoms with Crippen LogP contribution in [0.4, 0.5) is 17.6 Å². The van der Waals surface area contributed by atoms with E-state index in [-0.39, 0.29) is 12.4 Å². The maximum Gasteiger partial charge on any atom is 0.416 e. The van der Waals surface area contributed by atoms with Crippen molar-refractivity contribution in [3.8, 4) is 11.5 Å². The smallest absolute Gasteiger partial charge is 0.416 e. The van der Waals surface area contributed by atoms with Gasteiger partial charge in [-0.05, 0) is 49.2 Å². The lowest BCUT2D eigenvalue weighted by atomic mass is 10.1. The van der Waals surface area contributed by atoms with Crippen LogP contribution in [0.1, 0.15) is 27.7 Å². The van der Waals surface area contributed by atoms with Gasteiger partial charge in [0.25, 0.3) is 0 Å². The van der Waals surface area contributed by atoms with Gasteiger partial charge in [-0.1, -0.05) is 27.5 Å². The summed E-state index contributed by atoms with van der Waals surface area (Å²) in [4.78, 5) is 12.7. The normalized spacial score (nSPS) is 11.7. The highest BCUT2D eigenvalue weighted by Crippen LogP contribution is 2.40. The summed E-state index contributed by atoms with van der Waals surface area (Å²) in [6.07, 6.45) is -4.19. The summed E-state index contributed by atoms with van der Waals surface area (Å²) in [6.45, 7) is 1.95. The molecule has 0 fully saturated rings. The summed E-state index contributed by atoms with van der Waals surface area (Å²) in [6, 6.07) is 5.75. The Morgan fingerprint density at radius 3 is 2.57 bits per heavy atom. The molecule has 0 aliphatic heterocycles. The van der Waals surface area contributed by atoms with Crippen molar-refractivity contribution in [2.24, 2.45) is 0 Å². The van der Waals surface area contributed by atoms with Crippen LogP contribution in [0.25, 0.3) is 10.1 Å². The fourth-order valence-corrected chi connectivity index (χ4v) is 4.60. The Morgan fingerprint density at radius 1 is 1.23 bits per heavy atom. The molecule has 3 nitrogen and oxygen atoms in total.